The van der Waals surface area contributed by atoms with Crippen molar-refractivity contribution in [3.8, 4) is 0 Å². The molecule has 2 rings (SSSR count). The molecule has 0 radical (unpaired) electrons. The molecule has 1 aliphatic rings. The number of rotatable bonds is 5. The maximum absolute atomic E-state index is 12.0. The third-order valence-electron chi connectivity index (χ3n) is 3.81. The molecule has 1 fully saturated rings. The molecule has 1 aromatic rings. The fraction of sp³-hybridized carbons (Fsp3) is 0.562. The Morgan fingerprint density at radius 2 is 1.89 bits per heavy atom. The summed E-state index contributed by atoms with van der Waals surface area (Å²) >= 11 is 0. The molecule has 18 heavy (non-hydrogen) atoms. The fourth-order valence-corrected chi connectivity index (χ4v) is 2.57. The van der Waals surface area contributed by atoms with Gasteiger partial charge in [0.15, 0.2) is 5.78 Å². The molecule has 0 amide bonds. The quantitative estimate of drug-likeness (QED) is 0.787. The maximum atomic E-state index is 12.0. The van der Waals surface area contributed by atoms with Crippen molar-refractivity contribution in [3.63, 3.8) is 0 Å². The zero-order chi connectivity index (χ0) is 12.8. The van der Waals surface area contributed by atoms with Gasteiger partial charge in [-0.3, -0.25) is 4.79 Å². The van der Waals surface area contributed by atoms with E-state index in [1.807, 2.05) is 37.3 Å². The number of carbonyl (C=O) groups excluding carboxylic acids is 1. The molecule has 0 aromatic heterocycles. The van der Waals surface area contributed by atoms with Gasteiger partial charge in [-0.1, -0.05) is 49.6 Å². The van der Waals surface area contributed by atoms with Crippen LogP contribution in [0.5, 0.6) is 0 Å². The van der Waals surface area contributed by atoms with Gasteiger partial charge in [-0.15, -0.1) is 0 Å². The first-order valence-corrected chi connectivity index (χ1v) is 6.96. The second kappa shape index (κ2) is 6.69. The van der Waals surface area contributed by atoms with E-state index in [0.717, 1.165) is 18.4 Å². The van der Waals surface area contributed by atoms with Crippen molar-refractivity contribution in [1.82, 2.24) is 0 Å². The highest BCUT2D eigenvalue weighted by Gasteiger charge is 2.21. The first kappa shape index (κ1) is 13.3. The maximum Gasteiger partial charge on any atom is 0.161 e. The minimum absolute atomic E-state index is 0.00117. The van der Waals surface area contributed by atoms with Crippen molar-refractivity contribution in [3.05, 3.63) is 35.9 Å². The number of ketones is 1. The molecule has 2 heteroatoms. The lowest BCUT2D eigenvalue weighted by molar-refractivity contribution is -0.130. The Morgan fingerprint density at radius 1 is 1.22 bits per heavy atom. The largest absolute Gasteiger partial charge is 0.366 e. The first-order valence-electron chi connectivity index (χ1n) is 6.96. The van der Waals surface area contributed by atoms with Gasteiger partial charge in [0.05, 0.1) is 6.10 Å². The van der Waals surface area contributed by atoms with Crippen LogP contribution in [0, 0.1) is 5.92 Å². The van der Waals surface area contributed by atoms with Crippen molar-refractivity contribution in [2.75, 3.05) is 6.61 Å². The van der Waals surface area contributed by atoms with Crippen molar-refractivity contribution in [1.29, 1.82) is 0 Å². The van der Waals surface area contributed by atoms with E-state index in [2.05, 4.69) is 0 Å². The molecule has 2 nitrogen and oxygen atoms in total. The normalized spacial score (nSPS) is 18.5. The second-order valence-electron chi connectivity index (χ2n) is 5.17. The van der Waals surface area contributed by atoms with Crippen molar-refractivity contribution >= 4 is 5.78 Å². The predicted molar refractivity (Wildman–Crippen MR) is 72.4 cm³/mol. The van der Waals surface area contributed by atoms with Gasteiger partial charge in [-0.05, 0) is 25.3 Å². The zero-order valence-corrected chi connectivity index (χ0v) is 11.1. The van der Waals surface area contributed by atoms with Crippen LogP contribution >= 0.6 is 0 Å². The van der Waals surface area contributed by atoms with Crippen molar-refractivity contribution in [2.24, 2.45) is 5.92 Å². The molecular weight excluding hydrogens is 224 g/mol. The molecule has 98 valence electrons. The minimum Gasteiger partial charge on any atom is -0.366 e. The molecule has 0 bridgehead atoms. The van der Waals surface area contributed by atoms with E-state index in [0.29, 0.717) is 0 Å². The Morgan fingerprint density at radius 3 is 2.56 bits per heavy atom. The van der Waals surface area contributed by atoms with E-state index in [4.69, 9.17) is 4.74 Å². The summed E-state index contributed by atoms with van der Waals surface area (Å²) in [6.07, 6.45) is 5.79. The van der Waals surface area contributed by atoms with E-state index in [1.54, 1.807) is 0 Å². The number of Topliss-reactive ketones (excluding diaryl/α,β-unsaturated/α-hetero) is 1. The average Bonchev–Trinajstić information content (AvgIpc) is 2.46. The van der Waals surface area contributed by atoms with Gasteiger partial charge < -0.3 is 4.74 Å². The summed E-state index contributed by atoms with van der Waals surface area (Å²) in [5, 5.41) is 0. The Balaban J connectivity index is 1.78. The highest BCUT2D eigenvalue weighted by atomic mass is 16.5. The molecule has 1 atom stereocenters. The van der Waals surface area contributed by atoms with Crippen molar-refractivity contribution in [2.45, 2.75) is 45.1 Å². The van der Waals surface area contributed by atoms with Gasteiger partial charge in [0.2, 0.25) is 0 Å². The van der Waals surface area contributed by atoms with Crippen LogP contribution in [0.25, 0.3) is 0 Å². The third kappa shape index (κ3) is 3.67. The van der Waals surface area contributed by atoms with Gasteiger partial charge in [-0.25, -0.2) is 0 Å². The number of hydrogen-bond acceptors (Lipinski definition) is 2. The van der Waals surface area contributed by atoms with Crippen LogP contribution in [0.1, 0.15) is 50.7 Å². The minimum atomic E-state index is -0.00117. The smallest absolute Gasteiger partial charge is 0.161 e. The van der Waals surface area contributed by atoms with Gasteiger partial charge in [0.1, 0.15) is 6.61 Å². The second-order valence-corrected chi connectivity index (χ2v) is 5.17. The van der Waals surface area contributed by atoms with Crippen LogP contribution in [0.15, 0.2) is 30.3 Å². The number of hydrogen-bond donors (Lipinski definition) is 0. The van der Waals surface area contributed by atoms with Crippen LogP contribution < -0.4 is 0 Å². The third-order valence-corrected chi connectivity index (χ3v) is 3.81. The summed E-state index contributed by atoms with van der Waals surface area (Å²) < 4.78 is 5.69. The zero-order valence-electron chi connectivity index (χ0n) is 11.1. The molecule has 1 saturated carbocycles. The van der Waals surface area contributed by atoms with Gasteiger partial charge in [0.25, 0.3) is 0 Å². The lowest BCUT2D eigenvalue weighted by Gasteiger charge is -2.21. The molecule has 1 aromatic carbocycles. The Labute approximate surface area is 109 Å². The summed E-state index contributed by atoms with van der Waals surface area (Å²) in [7, 11) is 0. The molecule has 0 aliphatic heterocycles. The van der Waals surface area contributed by atoms with E-state index in [1.165, 1.54) is 19.3 Å². The van der Waals surface area contributed by atoms with E-state index in [-0.39, 0.29) is 24.4 Å². The van der Waals surface area contributed by atoms with E-state index >= 15 is 0 Å². The molecule has 0 heterocycles. The standard InChI is InChI=1S/C16H22O2/c1-13(14-8-4-2-5-9-14)18-12-16(17)15-10-6-3-7-11-15/h2,4-5,8-9,13,15H,3,6-7,10-12H2,1H3. The van der Waals surface area contributed by atoms with Crippen LogP contribution in [0.4, 0.5) is 0 Å². The van der Waals surface area contributed by atoms with E-state index in [9.17, 15) is 4.79 Å². The monoisotopic (exact) mass is 246 g/mol. The Bertz CT molecular complexity index is 366. The van der Waals surface area contributed by atoms with Crippen LogP contribution in [0.2, 0.25) is 0 Å². The highest BCUT2D eigenvalue weighted by Crippen LogP contribution is 2.25. The summed E-state index contributed by atoms with van der Waals surface area (Å²) in [6, 6.07) is 10.1. The molecule has 0 N–H and O–H groups in total. The van der Waals surface area contributed by atoms with E-state index < -0.39 is 0 Å². The Hall–Kier alpha value is -1.15. The molecule has 1 aliphatic carbocycles. The summed E-state index contributed by atoms with van der Waals surface area (Å²) in [5.74, 6) is 0.541. The number of ether oxygens (including phenoxy) is 1. The average molecular weight is 246 g/mol. The summed E-state index contributed by atoms with van der Waals surface area (Å²) in [4.78, 5) is 12.0. The lowest BCUT2D eigenvalue weighted by atomic mass is 9.86. The molecule has 0 saturated heterocycles. The van der Waals surface area contributed by atoms with Crippen LogP contribution in [-0.4, -0.2) is 12.4 Å². The van der Waals surface area contributed by atoms with Gasteiger partial charge in [0, 0.05) is 5.92 Å². The topological polar surface area (TPSA) is 26.3 Å². The fourth-order valence-electron chi connectivity index (χ4n) is 2.57. The molecule has 0 spiro atoms. The van der Waals surface area contributed by atoms with Gasteiger partial charge in [-0.2, -0.15) is 0 Å². The van der Waals surface area contributed by atoms with Crippen LogP contribution in [0.3, 0.4) is 0 Å². The predicted octanol–water partition coefficient (Wildman–Crippen LogP) is 3.91. The van der Waals surface area contributed by atoms with Gasteiger partial charge >= 0.3 is 0 Å². The number of carbonyl (C=O) groups is 1. The van der Waals surface area contributed by atoms with Crippen LogP contribution in [-0.2, 0) is 9.53 Å². The molecule has 1 unspecified atom stereocenters. The summed E-state index contributed by atoms with van der Waals surface area (Å²) in [5.41, 5.74) is 1.13. The molecular formula is C16H22O2. The number of benzene rings is 1. The Kier molecular flexibility index (Phi) is 4.94. The highest BCUT2D eigenvalue weighted by molar-refractivity contribution is 5.82. The van der Waals surface area contributed by atoms with Crippen molar-refractivity contribution < 1.29 is 9.53 Å². The SMILES string of the molecule is CC(OCC(=O)C1CCCCC1)c1ccccc1. The lowest BCUT2D eigenvalue weighted by Crippen LogP contribution is -2.22. The first-order chi connectivity index (χ1) is 8.77. The summed E-state index contributed by atoms with van der Waals surface area (Å²) in [6.45, 7) is 2.27.